The summed E-state index contributed by atoms with van der Waals surface area (Å²) in [6.07, 6.45) is 1.17. The monoisotopic (exact) mass is 386 g/mol. The minimum Gasteiger partial charge on any atom is -0.358 e. The molecular formula is C19H16BrFN2O. The summed E-state index contributed by atoms with van der Waals surface area (Å²) in [4.78, 5) is 17.8. The maximum absolute atomic E-state index is 13.4. The summed E-state index contributed by atoms with van der Waals surface area (Å²) in [7, 11) is 0. The maximum Gasteiger partial charge on any atom is 0.227 e. The van der Waals surface area contributed by atoms with E-state index in [1.807, 2.05) is 29.2 Å². The fraction of sp³-hybridized carbons (Fsp3) is 0.211. The number of fused-ring (bicyclic) bond motifs is 3. The van der Waals surface area contributed by atoms with Crippen molar-refractivity contribution in [2.24, 2.45) is 0 Å². The van der Waals surface area contributed by atoms with Crippen LogP contribution < -0.4 is 0 Å². The topological polar surface area (TPSA) is 36.1 Å². The Hall–Kier alpha value is -2.14. The van der Waals surface area contributed by atoms with Crippen LogP contribution in [0.5, 0.6) is 0 Å². The van der Waals surface area contributed by atoms with Gasteiger partial charge in [0, 0.05) is 46.1 Å². The predicted molar refractivity (Wildman–Crippen MR) is 95.2 cm³/mol. The molecule has 2 heterocycles. The molecule has 24 heavy (non-hydrogen) atoms. The lowest BCUT2D eigenvalue weighted by Gasteiger charge is -2.27. The largest absolute Gasteiger partial charge is 0.358 e. The van der Waals surface area contributed by atoms with Crippen molar-refractivity contribution < 1.29 is 9.18 Å². The van der Waals surface area contributed by atoms with Crippen molar-refractivity contribution in [2.45, 2.75) is 19.4 Å². The summed E-state index contributed by atoms with van der Waals surface area (Å²) in [5, 5.41) is 1.01. The number of aromatic nitrogens is 1. The fourth-order valence-corrected chi connectivity index (χ4v) is 3.79. The van der Waals surface area contributed by atoms with Gasteiger partial charge in [0.1, 0.15) is 5.82 Å². The minimum atomic E-state index is -0.247. The highest BCUT2D eigenvalue weighted by Gasteiger charge is 2.24. The third kappa shape index (κ3) is 2.84. The highest BCUT2D eigenvalue weighted by Crippen LogP contribution is 2.28. The standard InChI is InChI=1S/C19H16BrFN2O/c20-13-3-1-2-12(8-13)9-19(24)23-7-6-17-16(11-23)15-5-4-14(21)10-18(15)22-17/h1-5,8,10,22H,6-7,9,11H2. The Morgan fingerprint density at radius 1 is 1.25 bits per heavy atom. The van der Waals surface area contributed by atoms with Crippen molar-refractivity contribution in [2.75, 3.05) is 6.54 Å². The number of aromatic amines is 1. The van der Waals surface area contributed by atoms with Gasteiger partial charge >= 0.3 is 0 Å². The van der Waals surface area contributed by atoms with E-state index in [0.717, 1.165) is 38.6 Å². The Balaban J connectivity index is 1.57. The van der Waals surface area contributed by atoms with Crippen LogP contribution in [-0.4, -0.2) is 22.3 Å². The Labute approximate surface area is 147 Å². The van der Waals surface area contributed by atoms with Gasteiger partial charge in [-0.05, 0) is 35.9 Å². The van der Waals surface area contributed by atoms with E-state index in [0.29, 0.717) is 19.5 Å². The molecule has 3 nitrogen and oxygen atoms in total. The second-order valence-corrected chi connectivity index (χ2v) is 7.06. The lowest BCUT2D eigenvalue weighted by Crippen LogP contribution is -2.36. The molecule has 122 valence electrons. The molecule has 0 unspecified atom stereocenters. The van der Waals surface area contributed by atoms with Gasteiger partial charge in [-0.25, -0.2) is 4.39 Å². The van der Waals surface area contributed by atoms with E-state index in [9.17, 15) is 9.18 Å². The third-order valence-corrected chi connectivity index (χ3v) is 5.03. The molecular weight excluding hydrogens is 371 g/mol. The number of H-pyrrole nitrogens is 1. The number of halogens is 2. The van der Waals surface area contributed by atoms with Crippen LogP contribution in [0.25, 0.3) is 10.9 Å². The van der Waals surface area contributed by atoms with E-state index in [1.54, 1.807) is 6.07 Å². The molecule has 0 fully saturated rings. The molecule has 1 aromatic heterocycles. The average Bonchev–Trinajstić information content (AvgIpc) is 2.91. The molecule has 1 N–H and O–H groups in total. The SMILES string of the molecule is O=C(Cc1cccc(Br)c1)N1CCc2[nH]c3cc(F)ccc3c2C1. The van der Waals surface area contributed by atoms with Gasteiger partial charge in [0.25, 0.3) is 0 Å². The first-order valence-corrected chi connectivity index (χ1v) is 8.70. The van der Waals surface area contributed by atoms with Crippen molar-refractivity contribution in [3.63, 3.8) is 0 Å². The molecule has 0 radical (unpaired) electrons. The van der Waals surface area contributed by atoms with E-state index in [4.69, 9.17) is 0 Å². The van der Waals surface area contributed by atoms with Crippen molar-refractivity contribution >= 4 is 32.7 Å². The van der Waals surface area contributed by atoms with E-state index >= 15 is 0 Å². The highest BCUT2D eigenvalue weighted by atomic mass is 79.9. The zero-order valence-electron chi connectivity index (χ0n) is 13.0. The van der Waals surface area contributed by atoms with Crippen molar-refractivity contribution in [3.05, 3.63) is 69.6 Å². The van der Waals surface area contributed by atoms with Crippen molar-refractivity contribution in [1.82, 2.24) is 9.88 Å². The molecule has 0 bridgehead atoms. The first-order chi connectivity index (χ1) is 11.6. The molecule has 0 saturated carbocycles. The van der Waals surface area contributed by atoms with Crippen LogP contribution in [-0.2, 0) is 24.2 Å². The second-order valence-electron chi connectivity index (χ2n) is 6.14. The minimum absolute atomic E-state index is 0.121. The van der Waals surface area contributed by atoms with Gasteiger partial charge in [-0.1, -0.05) is 28.1 Å². The number of carbonyl (C=O) groups is 1. The number of benzene rings is 2. The highest BCUT2D eigenvalue weighted by molar-refractivity contribution is 9.10. The van der Waals surface area contributed by atoms with Gasteiger partial charge in [0.15, 0.2) is 0 Å². The van der Waals surface area contributed by atoms with E-state index < -0.39 is 0 Å². The quantitative estimate of drug-likeness (QED) is 0.703. The van der Waals surface area contributed by atoms with Crippen LogP contribution in [0.4, 0.5) is 4.39 Å². The molecule has 0 spiro atoms. The molecule has 5 heteroatoms. The normalized spacial score (nSPS) is 14.0. The summed E-state index contributed by atoms with van der Waals surface area (Å²) < 4.78 is 14.4. The number of nitrogens with zero attached hydrogens (tertiary/aromatic N) is 1. The van der Waals surface area contributed by atoms with Crippen LogP contribution >= 0.6 is 15.9 Å². The number of carbonyl (C=O) groups excluding carboxylic acids is 1. The van der Waals surface area contributed by atoms with Gasteiger partial charge in [0.2, 0.25) is 5.91 Å². The van der Waals surface area contributed by atoms with Gasteiger partial charge in [-0.15, -0.1) is 0 Å². The Morgan fingerprint density at radius 2 is 2.12 bits per heavy atom. The van der Waals surface area contributed by atoms with Gasteiger partial charge in [0.05, 0.1) is 6.42 Å². The molecule has 1 aliphatic heterocycles. The summed E-state index contributed by atoms with van der Waals surface area (Å²) in [6, 6.07) is 12.6. The smallest absolute Gasteiger partial charge is 0.227 e. The zero-order valence-corrected chi connectivity index (χ0v) is 14.6. The summed E-state index contributed by atoms with van der Waals surface area (Å²) in [5.41, 5.74) is 4.03. The summed E-state index contributed by atoms with van der Waals surface area (Å²) >= 11 is 3.44. The Bertz CT molecular complexity index is 934. The second kappa shape index (κ2) is 6.06. The first kappa shape index (κ1) is 15.4. The van der Waals surface area contributed by atoms with E-state index in [1.165, 1.54) is 12.1 Å². The van der Waals surface area contributed by atoms with Gasteiger partial charge in [-0.2, -0.15) is 0 Å². The lowest BCUT2D eigenvalue weighted by atomic mass is 10.0. The number of hydrogen-bond donors (Lipinski definition) is 1. The Kier molecular flexibility index (Phi) is 3.88. The summed E-state index contributed by atoms with van der Waals surface area (Å²) in [6.45, 7) is 1.27. The molecule has 1 amide bonds. The molecule has 3 aromatic rings. The van der Waals surface area contributed by atoms with Crippen LogP contribution in [0.2, 0.25) is 0 Å². The number of hydrogen-bond acceptors (Lipinski definition) is 1. The van der Waals surface area contributed by atoms with Crippen molar-refractivity contribution in [1.29, 1.82) is 0 Å². The maximum atomic E-state index is 13.4. The predicted octanol–water partition coefficient (Wildman–Crippen LogP) is 4.20. The first-order valence-electron chi connectivity index (χ1n) is 7.91. The van der Waals surface area contributed by atoms with Crippen molar-refractivity contribution in [3.8, 4) is 0 Å². The van der Waals surface area contributed by atoms with Crippen LogP contribution in [0.3, 0.4) is 0 Å². The molecule has 1 aliphatic rings. The molecule has 0 atom stereocenters. The molecule has 2 aromatic carbocycles. The molecule has 0 aliphatic carbocycles. The zero-order chi connectivity index (χ0) is 16.7. The Morgan fingerprint density at radius 3 is 2.96 bits per heavy atom. The summed E-state index contributed by atoms with van der Waals surface area (Å²) in [5.74, 6) is -0.126. The van der Waals surface area contributed by atoms with Crippen LogP contribution in [0.1, 0.15) is 16.8 Å². The third-order valence-electron chi connectivity index (χ3n) is 4.53. The lowest BCUT2D eigenvalue weighted by molar-refractivity contribution is -0.131. The number of amides is 1. The van der Waals surface area contributed by atoms with Crippen LogP contribution in [0.15, 0.2) is 46.9 Å². The van der Waals surface area contributed by atoms with E-state index in [-0.39, 0.29) is 11.7 Å². The average molecular weight is 387 g/mol. The number of nitrogens with one attached hydrogen (secondary N) is 1. The van der Waals surface area contributed by atoms with E-state index in [2.05, 4.69) is 20.9 Å². The molecule has 0 saturated heterocycles. The molecule has 4 rings (SSSR count). The van der Waals surface area contributed by atoms with Gasteiger partial charge in [-0.3, -0.25) is 4.79 Å². The fourth-order valence-electron chi connectivity index (χ4n) is 3.34. The number of rotatable bonds is 2. The van der Waals surface area contributed by atoms with Crippen LogP contribution in [0, 0.1) is 5.82 Å². The van der Waals surface area contributed by atoms with Gasteiger partial charge < -0.3 is 9.88 Å².